The molecule has 0 heterocycles. The third-order valence-electron chi connectivity index (χ3n) is 2.40. The van der Waals surface area contributed by atoms with Crippen molar-refractivity contribution in [2.75, 3.05) is 0 Å². The van der Waals surface area contributed by atoms with Gasteiger partial charge in [0, 0.05) is 11.1 Å². The average Bonchev–Trinajstić information content (AvgIpc) is 2.24. The van der Waals surface area contributed by atoms with Gasteiger partial charge in [0.2, 0.25) is 5.91 Å². The van der Waals surface area contributed by atoms with Crippen molar-refractivity contribution in [2.24, 2.45) is 0 Å². The molecular formula is C14H18ClNO. The molecule has 1 aromatic rings. The molecule has 1 atom stereocenters. The predicted octanol–water partition coefficient (Wildman–Crippen LogP) is 3.87. The van der Waals surface area contributed by atoms with Gasteiger partial charge in [0.25, 0.3) is 0 Å². The van der Waals surface area contributed by atoms with E-state index < -0.39 is 0 Å². The zero-order chi connectivity index (χ0) is 12.8. The van der Waals surface area contributed by atoms with Crippen molar-refractivity contribution in [1.29, 1.82) is 0 Å². The fourth-order valence-electron chi connectivity index (χ4n) is 1.62. The molecule has 0 spiro atoms. The SMILES string of the molecule is CCC(NC(=O)C=C(C)C)c1cccc(Cl)c1. The first kappa shape index (κ1) is 13.8. The summed E-state index contributed by atoms with van der Waals surface area (Å²) in [5, 5.41) is 3.66. The van der Waals surface area contributed by atoms with Gasteiger partial charge in [0.05, 0.1) is 6.04 Å². The molecular weight excluding hydrogens is 234 g/mol. The minimum atomic E-state index is -0.0585. The van der Waals surface area contributed by atoms with E-state index >= 15 is 0 Å². The molecule has 0 fully saturated rings. The number of rotatable bonds is 4. The second-order valence-electron chi connectivity index (χ2n) is 4.25. The van der Waals surface area contributed by atoms with Crippen LogP contribution in [-0.4, -0.2) is 5.91 Å². The minimum Gasteiger partial charge on any atom is -0.346 e. The van der Waals surface area contributed by atoms with E-state index in [1.165, 1.54) is 0 Å². The molecule has 1 amide bonds. The summed E-state index contributed by atoms with van der Waals surface area (Å²) in [5.41, 5.74) is 2.03. The van der Waals surface area contributed by atoms with Crippen molar-refractivity contribution in [3.8, 4) is 0 Å². The smallest absolute Gasteiger partial charge is 0.244 e. The molecule has 0 bridgehead atoms. The molecule has 1 rings (SSSR count). The third kappa shape index (κ3) is 4.61. The van der Waals surface area contributed by atoms with Gasteiger partial charge in [0.1, 0.15) is 0 Å². The molecule has 0 aromatic heterocycles. The van der Waals surface area contributed by atoms with Crippen LogP contribution < -0.4 is 5.32 Å². The highest BCUT2D eigenvalue weighted by Gasteiger charge is 2.11. The van der Waals surface area contributed by atoms with Crippen LogP contribution in [0.5, 0.6) is 0 Å². The first-order valence-electron chi connectivity index (χ1n) is 5.73. The van der Waals surface area contributed by atoms with Crippen LogP contribution in [0.25, 0.3) is 0 Å². The Labute approximate surface area is 108 Å². The van der Waals surface area contributed by atoms with Gasteiger partial charge in [0.15, 0.2) is 0 Å². The fourth-order valence-corrected chi connectivity index (χ4v) is 1.82. The van der Waals surface area contributed by atoms with Gasteiger partial charge in [-0.2, -0.15) is 0 Å². The number of halogens is 1. The van der Waals surface area contributed by atoms with E-state index in [0.717, 1.165) is 17.6 Å². The Morgan fingerprint density at radius 3 is 2.71 bits per heavy atom. The van der Waals surface area contributed by atoms with E-state index in [-0.39, 0.29) is 11.9 Å². The molecule has 1 aromatic carbocycles. The van der Waals surface area contributed by atoms with Crippen LogP contribution in [0.15, 0.2) is 35.9 Å². The number of nitrogens with one attached hydrogen (secondary N) is 1. The number of benzene rings is 1. The largest absolute Gasteiger partial charge is 0.346 e. The van der Waals surface area contributed by atoms with Crippen molar-refractivity contribution in [3.05, 3.63) is 46.5 Å². The van der Waals surface area contributed by atoms with Crippen LogP contribution in [0.1, 0.15) is 38.8 Å². The number of allylic oxidation sites excluding steroid dienone is 1. The highest BCUT2D eigenvalue weighted by molar-refractivity contribution is 6.30. The van der Waals surface area contributed by atoms with Gasteiger partial charge >= 0.3 is 0 Å². The summed E-state index contributed by atoms with van der Waals surface area (Å²) in [7, 11) is 0. The molecule has 0 saturated carbocycles. The van der Waals surface area contributed by atoms with Crippen molar-refractivity contribution >= 4 is 17.5 Å². The van der Waals surface area contributed by atoms with E-state index in [4.69, 9.17) is 11.6 Å². The lowest BCUT2D eigenvalue weighted by Gasteiger charge is -2.16. The Kier molecular flexibility index (Phi) is 5.23. The molecule has 0 radical (unpaired) electrons. The monoisotopic (exact) mass is 251 g/mol. The van der Waals surface area contributed by atoms with Gasteiger partial charge in [-0.25, -0.2) is 0 Å². The topological polar surface area (TPSA) is 29.1 Å². The lowest BCUT2D eigenvalue weighted by molar-refractivity contribution is -0.117. The van der Waals surface area contributed by atoms with Crippen LogP contribution in [0, 0.1) is 0 Å². The van der Waals surface area contributed by atoms with Crippen molar-refractivity contribution in [2.45, 2.75) is 33.2 Å². The number of carbonyl (C=O) groups excluding carboxylic acids is 1. The summed E-state index contributed by atoms with van der Waals surface area (Å²) in [6, 6.07) is 7.60. The zero-order valence-electron chi connectivity index (χ0n) is 10.5. The molecule has 17 heavy (non-hydrogen) atoms. The lowest BCUT2D eigenvalue weighted by atomic mass is 10.0. The summed E-state index contributed by atoms with van der Waals surface area (Å²) in [4.78, 5) is 11.7. The standard InChI is InChI=1S/C14H18ClNO/c1-4-13(16-14(17)8-10(2)3)11-6-5-7-12(15)9-11/h5-9,13H,4H2,1-3H3,(H,16,17). The molecule has 0 aliphatic carbocycles. The van der Waals surface area contributed by atoms with Crippen molar-refractivity contribution in [1.82, 2.24) is 5.32 Å². The van der Waals surface area contributed by atoms with Crippen LogP contribution >= 0.6 is 11.6 Å². The van der Waals surface area contributed by atoms with Crippen LogP contribution in [-0.2, 0) is 4.79 Å². The van der Waals surface area contributed by atoms with Crippen LogP contribution in [0.3, 0.4) is 0 Å². The van der Waals surface area contributed by atoms with Crippen LogP contribution in [0.4, 0.5) is 0 Å². The zero-order valence-corrected chi connectivity index (χ0v) is 11.2. The summed E-state index contributed by atoms with van der Waals surface area (Å²) < 4.78 is 0. The maximum absolute atomic E-state index is 11.7. The summed E-state index contributed by atoms with van der Waals surface area (Å²) in [6.07, 6.45) is 2.44. The van der Waals surface area contributed by atoms with E-state index in [0.29, 0.717) is 5.02 Å². The molecule has 0 aliphatic rings. The Morgan fingerprint density at radius 1 is 1.47 bits per heavy atom. The maximum Gasteiger partial charge on any atom is 0.244 e. The molecule has 1 N–H and O–H groups in total. The number of amides is 1. The summed E-state index contributed by atoms with van der Waals surface area (Å²) >= 11 is 5.94. The normalized spacial score (nSPS) is 11.8. The molecule has 3 heteroatoms. The van der Waals surface area contributed by atoms with E-state index in [1.807, 2.05) is 45.0 Å². The molecule has 92 valence electrons. The summed E-state index contributed by atoms with van der Waals surface area (Å²) in [6.45, 7) is 5.84. The van der Waals surface area contributed by atoms with Gasteiger partial charge in [-0.3, -0.25) is 4.79 Å². The van der Waals surface area contributed by atoms with Gasteiger partial charge < -0.3 is 5.32 Å². The molecule has 1 unspecified atom stereocenters. The first-order chi connectivity index (χ1) is 8.02. The molecule has 0 aliphatic heterocycles. The Hall–Kier alpha value is -1.28. The van der Waals surface area contributed by atoms with Crippen LogP contribution in [0.2, 0.25) is 5.02 Å². The van der Waals surface area contributed by atoms with Crippen molar-refractivity contribution < 1.29 is 4.79 Å². The summed E-state index contributed by atoms with van der Waals surface area (Å²) in [5.74, 6) is -0.0585. The highest BCUT2D eigenvalue weighted by Crippen LogP contribution is 2.20. The van der Waals surface area contributed by atoms with E-state index in [9.17, 15) is 4.79 Å². The second-order valence-corrected chi connectivity index (χ2v) is 4.68. The Morgan fingerprint density at radius 2 is 2.18 bits per heavy atom. The highest BCUT2D eigenvalue weighted by atomic mass is 35.5. The molecule has 2 nitrogen and oxygen atoms in total. The number of hydrogen-bond acceptors (Lipinski definition) is 1. The van der Waals surface area contributed by atoms with Crippen molar-refractivity contribution in [3.63, 3.8) is 0 Å². The number of carbonyl (C=O) groups is 1. The predicted molar refractivity (Wildman–Crippen MR) is 72.1 cm³/mol. The van der Waals surface area contributed by atoms with Gasteiger partial charge in [-0.1, -0.05) is 36.2 Å². The molecule has 0 saturated heterocycles. The Balaban J connectivity index is 2.79. The second kappa shape index (κ2) is 6.45. The first-order valence-corrected chi connectivity index (χ1v) is 6.11. The third-order valence-corrected chi connectivity index (χ3v) is 2.63. The average molecular weight is 252 g/mol. The van der Waals surface area contributed by atoms with Gasteiger partial charge in [-0.15, -0.1) is 0 Å². The van der Waals surface area contributed by atoms with E-state index in [1.54, 1.807) is 6.08 Å². The van der Waals surface area contributed by atoms with E-state index in [2.05, 4.69) is 5.32 Å². The maximum atomic E-state index is 11.7. The minimum absolute atomic E-state index is 0.0109. The quantitative estimate of drug-likeness (QED) is 0.809. The lowest BCUT2D eigenvalue weighted by Crippen LogP contribution is -2.26. The van der Waals surface area contributed by atoms with Gasteiger partial charge in [-0.05, 0) is 38.0 Å². The fraction of sp³-hybridized carbons (Fsp3) is 0.357. The number of hydrogen-bond donors (Lipinski definition) is 1. The Bertz CT molecular complexity index is 422.